The minimum atomic E-state index is -0.946. The summed E-state index contributed by atoms with van der Waals surface area (Å²) in [5.41, 5.74) is 9.49. The van der Waals surface area contributed by atoms with Crippen LogP contribution in [-0.4, -0.2) is 249 Å². The molecule has 20 rings (SSSR count). The van der Waals surface area contributed by atoms with Gasteiger partial charge in [0.25, 0.3) is 0 Å². The fraction of sp³-hybridized carbons (Fsp3) is 0.505. The standard InChI is InChI=1S/C26H34N6O2.C26H33N5O2.C24H33N7O2.C23H30N6O3/c1-17-4-7-23-22(12-17)25(30-31(23)3)28-14-24(33)29-20-15-32(16-20)21-8-10-26(34,11-9-21)19-6-5-18(2)27-13-19;1-18-8-9-23-22(14-18)25(29-30(23)2)27-15-24(32)28-20-16-31(17-20)21-10-12-26(33,13-11-21)19-6-4-3-5-7-19;1-16-4-5-21-20(10-16)23(28-30(21)3)25-12-22(32)27-18-14-31(15-18)19-6-8-24(33,9-7-19)17-11-26-29(2)13-17;1-15-3-4-19-18(11-15)21(27-28(19)2)25-12-20(30)26-16-13-29(14-16)17-5-7-23(31,8-6-17)22-24-9-10-32-22/h4-7,12-13,20-21,34H,8-11,14-16H2,1-3H3,(H,28,30)(H,29,33);3-9,14,20-21,33H,10-13,15-17H2,1-2H3,(H,27,29)(H,28,32);4-5,10-11,13,18-19,33H,6-9,12,14-15H2,1-3H3,(H,25,28)(H,27,32);3-4,9-11,16-17,31H,5-8,12-14H2,1-2H3,(H,25,27)(H,26,30). The number of aliphatic hydroxyl groups is 4. The fourth-order valence-corrected chi connectivity index (χ4v) is 20.9. The van der Waals surface area contributed by atoms with Crippen LogP contribution in [0, 0.1) is 34.6 Å². The Morgan fingerprint density at radius 2 is 0.682 bits per heavy atom. The van der Waals surface area contributed by atoms with Crippen molar-refractivity contribution in [2.75, 3.05) is 99.8 Å². The molecular weight excluding hydrogens is 1670 g/mol. The van der Waals surface area contributed by atoms with Crippen molar-refractivity contribution < 1.29 is 44.0 Å². The van der Waals surface area contributed by atoms with Gasteiger partial charge in [-0.2, -0.15) is 25.5 Å². The van der Waals surface area contributed by atoms with Gasteiger partial charge in [0.05, 0.1) is 102 Å². The molecule has 5 aromatic carbocycles. The lowest BCUT2D eigenvalue weighted by Gasteiger charge is -2.48. The molecule has 7 aromatic heterocycles. The Bertz CT molecular complexity index is 6010. The molecule has 0 radical (unpaired) electrons. The van der Waals surface area contributed by atoms with E-state index in [0.717, 1.165) is 237 Å². The monoisotopic (exact) mass is 1800 g/mol. The van der Waals surface area contributed by atoms with E-state index in [1.165, 1.54) is 23.0 Å². The minimum absolute atomic E-state index is 0.00629. The summed E-state index contributed by atoms with van der Waals surface area (Å²) in [7, 11) is 9.52. The average molecular weight is 1800 g/mol. The highest BCUT2D eigenvalue weighted by atomic mass is 16.4. The van der Waals surface area contributed by atoms with Crippen LogP contribution >= 0.6 is 0 Å². The van der Waals surface area contributed by atoms with Crippen LogP contribution < -0.4 is 42.5 Å². The molecule has 33 heteroatoms. The number of aryl methyl sites for hydroxylation is 10. The van der Waals surface area contributed by atoms with Gasteiger partial charge in [0.2, 0.25) is 29.5 Å². The quantitative estimate of drug-likeness (QED) is 0.0268. The van der Waals surface area contributed by atoms with E-state index < -0.39 is 22.4 Å². The Morgan fingerprint density at radius 3 is 0.970 bits per heavy atom. The summed E-state index contributed by atoms with van der Waals surface area (Å²) in [6, 6.07) is 41.4. The lowest BCUT2D eigenvalue weighted by Crippen LogP contribution is -2.63. The number of amides is 4. The zero-order valence-electron chi connectivity index (χ0n) is 77.8. The third kappa shape index (κ3) is 21.0. The van der Waals surface area contributed by atoms with Crippen molar-refractivity contribution in [3.63, 3.8) is 0 Å². The minimum Gasteiger partial charge on any atom is -0.446 e. The SMILES string of the molecule is Cc1ccc2c(c1)c(NCC(=O)NC1CN(C3CCC(O)(c4ccc(C)nc4)CC3)C1)nn2C.Cc1ccc2c(c1)c(NCC(=O)NC1CN(C3CCC(O)(c4ccccc4)CC3)C1)nn2C.Cc1ccc2c(c1)c(NCC(=O)NC1CN(C3CCC(O)(c4cnn(C)c4)CC3)C1)nn2C.Cc1ccc2c(c1)c(NCC(=O)NC1CN(C3CCC(O)(c4ncco4)CC3)C1)nn2C. The maximum Gasteiger partial charge on any atom is 0.239 e. The highest BCUT2D eigenvalue weighted by Gasteiger charge is 2.46. The second kappa shape index (κ2) is 39.2. The molecular formula is C99H130N24O9. The zero-order chi connectivity index (χ0) is 92.3. The lowest BCUT2D eigenvalue weighted by atomic mass is 9.76. The van der Waals surface area contributed by atoms with Gasteiger partial charge in [-0.3, -0.25) is 67.2 Å². The van der Waals surface area contributed by atoms with Crippen LogP contribution in [0.25, 0.3) is 43.6 Å². The van der Waals surface area contributed by atoms with Gasteiger partial charge in [-0.1, -0.05) is 82.9 Å². The van der Waals surface area contributed by atoms with E-state index in [1.807, 2.05) is 129 Å². The second-order valence-corrected chi connectivity index (χ2v) is 38.6. The smallest absolute Gasteiger partial charge is 0.239 e. The maximum atomic E-state index is 12.5. The first kappa shape index (κ1) is 92.2. The van der Waals surface area contributed by atoms with E-state index in [0.29, 0.717) is 42.9 Å². The Labute approximate surface area is 770 Å². The number of carbonyl (C=O) groups excluding carboxylic acids is 4. The molecule has 11 heterocycles. The topological polar surface area (TPSA) is 386 Å². The average Bonchev–Trinajstić information content (AvgIpc) is 1.05. The highest BCUT2D eigenvalue weighted by molar-refractivity contribution is 5.96. The molecule has 0 atom stereocenters. The first-order valence-electron chi connectivity index (χ1n) is 47.0. The van der Waals surface area contributed by atoms with Gasteiger partial charge in [0.1, 0.15) is 11.9 Å². The number of nitrogens with one attached hydrogen (secondary N) is 8. The van der Waals surface area contributed by atoms with Crippen molar-refractivity contribution in [3.05, 3.63) is 197 Å². The van der Waals surface area contributed by atoms with Crippen molar-refractivity contribution in [3.8, 4) is 0 Å². The van der Waals surface area contributed by atoms with Gasteiger partial charge >= 0.3 is 0 Å². The van der Waals surface area contributed by atoms with E-state index >= 15 is 0 Å². The molecule has 4 amide bonds. The predicted octanol–water partition coefficient (Wildman–Crippen LogP) is 9.12. The molecule has 33 nitrogen and oxygen atoms in total. The van der Waals surface area contributed by atoms with Gasteiger partial charge in [0, 0.05) is 163 Å². The van der Waals surface area contributed by atoms with Gasteiger partial charge < -0.3 is 67.4 Å². The molecule has 8 aliphatic rings. The van der Waals surface area contributed by atoms with E-state index in [9.17, 15) is 39.6 Å². The van der Waals surface area contributed by atoms with Crippen molar-refractivity contribution in [1.82, 2.24) is 99.7 Å². The summed E-state index contributed by atoms with van der Waals surface area (Å²) in [6.07, 6.45) is 22.0. The molecule has 4 saturated carbocycles. The summed E-state index contributed by atoms with van der Waals surface area (Å²) < 4.78 is 14.4. The van der Waals surface area contributed by atoms with Gasteiger partial charge in [0.15, 0.2) is 23.3 Å². The van der Waals surface area contributed by atoms with Crippen LogP contribution in [0.3, 0.4) is 0 Å². The number of fused-ring (bicyclic) bond motifs is 4. The molecule has 8 fully saturated rings. The van der Waals surface area contributed by atoms with Crippen molar-refractivity contribution in [2.45, 2.75) is 208 Å². The van der Waals surface area contributed by atoms with Crippen LogP contribution in [-0.2, 0) is 76.8 Å². The number of aromatic nitrogens is 12. The highest BCUT2D eigenvalue weighted by Crippen LogP contribution is 2.44. The molecule has 4 saturated heterocycles. The normalized spacial score (nSPS) is 24.0. The number of hydrogen-bond acceptors (Lipinski definition) is 24. The van der Waals surface area contributed by atoms with Gasteiger partial charge in [-0.15, -0.1) is 0 Å². The number of carbonyl (C=O) groups is 4. The molecule has 4 aliphatic heterocycles. The Balaban J connectivity index is 0.000000123. The van der Waals surface area contributed by atoms with Gasteiger partial charge in [-0.05, 0) is 198 Å². The Hall–Kier alpha value is -11.7. The van der Waals surface area contributed by atoms with Gasteiger partial charge in [-0.25, -0.2) is 4.98 Å². The number of nitrogens with zero attached hydrogens (tertiary/aromatic N) is 16. The fourth-order valence-electron chi connectivity index (χ4n) is 20.9. The summed E-state index contributed by atoms with van der Waals surface area (Å²) in [4.78, 5) is 68.1. The van der Waals surface area contributed by atoms with Crippen molar-refractivity contribution in [2.24, 2.45) is 35.2 Å². The Morgan fingerprint density at radius 1 is 0.371 bits per heavy atom. The van der Waals surface area contributed by atoms with Crippen LogP contribution in [0.4, 0.5) is 23.3 Å². The summed E-state index contributed by atoms with van der Waals surface area (Å²) >= 11 is 0. The molecule has 700 valence electrons. The maximum absolute atomic E-state index is 12.5. The molecule has 0 unspecified atom stereocenters. The third-order valence-electron chi connectivity index (χ3n) is 28.8. The molecule has 4 aliphatic carbocycles. The van der Waals surface area contributed by atoms with Crippen LogP contribution in [0.1, 0.15) is 153 Å². The van der Waals surface area contributed by atoms with Crippen molar-refractivity contribution in [1.29, 1.82) is 0 Å². The summed E-state index contributed by atoms with van der Waals surface area (Å²) in [5, 5.41) is 95.6. The number of likely N-dealkylation sites (tertiary alicyclic amines) is 4. The third-order valence-corrected chi connectivity index (χ3v) is 28.8. The van der Waals surface area contributed by atoms with Crippen LogP contribution in [0.15, 0.2) is 151 Å². The van der Waals surface area contributed by atoms with Crippen molar-refractivity contribution >= 4 is 90.5 Å². The zero-order valence-corrected chi connectivity index (χ0v) is 77.8. The molecule has 0 bridgehead atoms. The number of rotatable bonds is 24. The number of benzene rings is 5. The largest absolute Gasteiger partial charge is 0.446 e. The number of anilines is 4. The first-order valence-corrected chi connectivity index (χ1v) is 47.0. The predicted molar refractivity (Wildman–Crippen MR) is 510 cm³/mol. The molecule has 0 spiro atoms. The van der Waals surface area contributed by atoms with E-state index in [2.05, 4.69) is 185 Å². The summed E-state index contributed by atoms with van der Waals surface area (Å²) in [5.74, 6) is 3.33. The van der Waals surface area contributed by atoms with E-state index in [4.69, 9.17) is 4.42 Å². The van der Waals surface area contributed by atoms with Crippen LogP contribution in [0.2, 0.25) is 0 Å². The number of oxazole rings is 1. The molecule has 12 aromatic rings. The summed E-state index contributed by atoms with van der Waals surface area (Å²) in [6.45, 7) is 17.9. The second-order valence-electron chi connectivity index (χ2n) is 38.6. The Kier molecular flexibility index (Phi) is 27.4. The number of pyridine rings is 1. The molecule has 132 heavy (non-hydrogen) atoms. The first-order chi connectivity index (χ1) is 63.4. The molecule has 12 N–H and O–H groups in total. The lowest BCUT2D eigenvalue weighted by molar-refractivity contribution is -0.122. The van der Waals surface area contributed by atoms with E-state index in [1.54, 1.807) is 17.1 Å². The number of hydrogen-bond donors (Lipinski definition) is 12. The van der Waals surface area contributed by atoms with E-state index in [-0.39, 0.29) is 74.0 Å². The van der Waals surface area contributed by atoms with Crippen LogP contribution in [0.5, 0.6) is 0 Å².